The van der Waals surface area contributed by atoms with Gasteiger partial charge in [-0.15, -0.1) is 0 Å². The lowest BCUT2D eigenvalue weighted by molar-refractivity contribution is 0.0240. The molecule has 1 N–H and O–H groups in total. The van der Waals surface area contributed by atoms with E-state index in [2.05, 4.69) is 29.6 Å². The van der Waals surface area contributed by atoms with Crippen molar-refractivity contribution in [2.45, 2.75) is 44.1 Å². The molecule has 0 aromatic heterocycles. The fraction of sp³-hybridized carbons (Fsp3) is 0.700. The third-order valence-corrected chi connectivity index (χ3v) is 6.35. The molecule has 1 saturated heterocycles. The molecular weight excluding hydrogens is 286 g/mol. The molecule has 2 saturated carbocycles. The Balaban J connectivity index is 1.46. The SMILES string of the molecule is COc1ccc([C@H]2[C@@H]3CCCC[C@H]3[C@@H]2NC[C@@H]2CCOC2)cc1. The Morgan fingerprint density at radius 1 is 1.09 bits per heavy atom. The van der Waals surface area contributed by atoms with E-state index >= 15 is 0 Å². The number of nitrogens with one attached hydrogen (secondary N) is 1. The number of benzene rings is 1. The van der Waals surface area contributed by atoms with Gasteiger partial charge in [0.15, 0.2) is 0 Å². The van der Waals surface area contributed by atoms with Crippen molar-refractivity contribution >= 4 is 0 Å². The van der Waals surface area contributed by atoms with Crippen LogP contribution >= 0.6 is 0 Å². The van der Waals surface area contributed by atoms with Gasteiger partial charge in [-0.2, -0.15) is 0 Å². The molecule has 23 heavy (non-hydrogen) atoms. The molecule has 5 atom stereocenters. The summed E-state index contributed by atoms with van der Waals surface area (Å²) in [5, 5.41) is 3.93. The second kappa shape index (κ2) is 6.82. The van der Waals surface area contributed by atoms with Gasteiger partial charge in [-0.1, -0.05) is 25.0 Å². The first-order chi connectivity index (χ1) is 11.4. The van der Waals surface area contributed by atoms with Gasteiger partial charge in [-0.3, -0.25) is 0 Å². The molecule has 1 aromatic rings. The summed E-state index contributed by atoms with van der Waals surface area (Å²) in [6, 6.07) is 9.46. The van der Waals surface area contributed by atoms with Gasteiger partial charge in [-0.25, -0.2) is 0 Å². The van der Waals surface area contributed by atoms with Crippen molar-refractivity contribution in [2.24, 2.45) is 17.8 Å². The molecule has 1 aromatic carbocycles. The maximum Gasteiger partial charge on any atom is 0.118 e. The van der Waals surface area contributed by atoms with Crippen molar-refractivity contribution < 1.29 is 9.47 Å². The van der Waals surface area contributed by atoms with Crippen molar-refractivity contribution in [3.05, 3.63) is 29.8 Å². The molecule has 0 bridgehead atoms. The quantitative estimate of drug-likeness (QED) is 0.900. The van der Waals surface area contributed by atoms with E-state index in [9.17, 15) is 0 Å². The second-order valence-corrected chi connectivity index (χ2v) is 7.57. The summed E-state index contributed by atoms with van der Waals surface area (Å²) in [6.45, 7) is 3.02. The summed E-state index contributed by atoms with van der Waals surface area (Å²) in [4.78, 5) is 0. The zero-order valence-electron chi connectivity index (χ0n) is 14.2. The Morgan fingerprint density at radius 2 is 1.87 bits per heavy atom. The lowest BCUT2D eigenvalue weighted by Crippen LogP contribution is -2.58. The van der Waals surface area contributed by atoms with E-state index in [1.54, 1.807) is 7.11 Å². The minimum Gasteiger partial charge on any atom is -0.497 e. The summed E-state index contributed by atoms with van der Waals surface area (Å²) < 4.78 is 10.9. The minimum atomic E-state index is 0.661. The van der Waals surface area contributed by atoms with Crippen LogP contribution in [0.4, 0.5) is 0 Å². The molecule has 3 fully saturated rings. The highest BCUT2D eigenvalue weighted by atomic mass is 16.5. The summed E-state index contributed by atoms with van der Waals surface area (Å²) >= 11 is 0. The molecule has 1 aliphatic heterocycles. The third-order valence-electron chi connectivity index (χ3n) is 6.35. The van der Waals surface area contributed by atoms with E-state index < -0.39 is 0 Å². The minimum absolute atomic E-state index is 0.661. The molecule has 0 amide bonds. The molecular formula is C20H29NO2. The fourth-order valence-electron chi connectivity index (χ4n) is 5.07. The maximum atomic E-state index is 5.53. The van der Waals surface area contributed by atoms with Crippen LogP contribution in [0.25, 0.3) is 0 Å². The van der Waals surface area contributed by atoms with Gasteiger partial charge in [0.2, 0.25) is 0 Å². The third kappa shape index (κ3) is 3.01. The molecule has 3 nitrogen and oxygen atoms in total. The summed E-state index contributed by atoms with van der Waals surface area (Å²) in [5.41, 5.74) is 1.49. The van der Waals surface area contributed by atoms with Gasteiger partial charge >= 0.3 is 0 Å². The van der Waals surface area contributed by atoms with Crippen LogP contribution < -0.4 is 10.1 Å². The zero-order chi connectivity index (χ0) is 15.6. The Labute approximate surface area is 139 Å². The zero-order valence-corrected chi connectivity index (χ0v) is 14.2. The van der Waals surface area contributed by atoms with Crippen LogP contribution in [0.2, 0.25) is 0 Å². The van der Waals surface area contributed by atoms with E-state index in [0.29, 0.717) is 17.9 Å². The Kier molecular flexibility index (Phi) is 4.59. The first kappa shape index (κ1) is 15.5. The molecule has 126 valence electrons. The van der Waals surface area contributed by atoms with Gasteiger partial charge in [0.25, 0.3) is 0 Å². The van der Waals surface area contributed by atoms with Crippen LogP contribution in [0, 0.1) is 17.8 Å². The van der Waals surface area contributed by atoms with Crippen molar-refractivity contribution in [3.8, 4) is 5.75 Å². The smallest absolute Gasteiger partial charge is 0.118 e. The van der Waals surface area contributed by atoms with Gasteiger partial charge < -0.3 is 14.8 Å². The average Bonchev–Trinajstić information content (AvgIpc) is 3.10. The number of hydrogen-bond acceptors (Lipinski definition) is 3. The van der Waals surface area contributed by atoms with Crippen LogP contribution in [0.3, 0.4) is 0 Å². The van der Waals surface area contributed by atoms with Crippen molar-refractivity contribution in [3.63, 3.8) is 0 Å². The lowest BCUT2D eigenvalue weighted by atomic mass is 9.53. The number of methoxy groups -OCH3 is 1. The predicted octanol–water partition coefficient (Wildman–Crippen LogP) is 3.59. The monoisotopic (exact) mass is 315 g/mol. The molecule has 0 radical (unpaired) electrons. The Morgan fingerprint density at radius 3 is 2.57 bits per heavy atom. The second-order valence-electron chi connectivity index (χ2n) is 7.57. The number of fused-ring (bicyclic) bond motifs is 1. The summed E-state index contributed by atoms with van der Waals surface area (Å²) in [6.07, 6.45) is 6.88. The Bertz CT molecular complexity index is 509. The number of ether oxygens (including phenoxy) is 2. The van der Waals surface area contributed by atoms with Gasteiger partial charge in [-0.05, 0) is 54.7 Å². The number of hydrogen-bond donors (Lipinski definition) is 1. The van der Waals surface area contributed by atoms with E-state index in [1.165, 1.54) is 37.7 Å². The van der Waals surface area contributed by atoms with Crippen LogP contribution in [-0.4, -0.2) is 32.9 Å². The van der Waals surface area contributed by atoms with Crippen LogP contribution in [0.5, 0.6) is 5.75 Å². The first-order valence-electron chi connectivity index (χ1n) is 9.32. The van der Waals surface area contributed by atoms with Crippen LogP contribution in [-0.2, 0) is 4.74 Å². The predicted molar refractivity (Wildman–Crippen MR) is 91.9 cm³/mol. The molecule has 0 unspecified atom stereocenters. The van der Waals surface area contributed by atoms with Crippen molar-refractivity contribution in [1.29, 1.82) is 0 Å². The van der Waals surface area contributed by atoms with Gasteiger partial charge in [0.1, 0.15) is 5.75 Å². The summed E-state index contributed by atoms with van der Waals surface area (Å²) in [5.74, 6) is 4.14. The van der Waals surface area contributed by atoms with Gasteiger partial charge in [0, 0.05) is 25.1 Å². The highest BCUT2D eigenvalue weighted by molar-refractivity contribution is 5.33. The van der Waals surface area contributed by atoms with Crippen molar-refractivity contribution in [1.82, 2.24) is 5.32 Å². The largest absolute Gasteiger partial charge is 0.497 e. The highest BCUT2D eigenvalue weighted by Crippen LogP contribution is 2.54. The van der Waals surface area contributed by atoms with E-state index in [1.807, 2.05) is 0 Å². The molecule has 0 spiro atoms. The molecule has 4 rings (SSSR count). The standard InChI is InChI=1S/C20H29NO2/c1-22-16-8-6-15(7-9-16)19-17-4-2-3-5-18(17)20(19)21-12-14-10-11-23-13-14/h6-9,14,17-21H,2-5,10-13H2,1H3/t14-,17+,18+,19-,20-/m0/s1. The average molecular weight is 315 g/mol. The molecule has 3 heteroatoms. The summed E-state index contributed by atoms with van der Waals surface area (Å²) in [7, 11) is 1.74. The van der Waals surface area contributed by atoms with Crippen LogP contribution in [0.15, 0.2) is 24.3 Å². The highest BCUT2D eigenvalue weighted by Gasteiger charge is 2.50. The Hall–Kier alpha value is -1.06. The van der Waals surface area contributed by atoms with Crippen molar-refractivity contribution in [2.75, 3.05) is 26.9 Å². The molecule has 3 aliphatic rings. The first-order valence-corrected chi connectivity index (χ1v) is 9.32. The lowest BCUT2D eigenvalue weighted by Gasteiger charge is -2.55. The van der Waals surface area contributed by atoms with Gasteiger partial charge in [0.05, 0.1) is 13.7 Å². The van der Waals surface area contributed by atoms with Crippen LogP contribution in [0.1, 0.15) is 43.6 Å². The maximum absolute atomic E-state index is 5.53. The number of rotatable bonds is 5. The molecule has 1 heterocycles. The molecule has 2 aliphatic carbocycles. The topological polar surface area (TPSA) is 30.5 Å². The fourth-order valence-corrected chi connectivity index (χ4v) is 5.07. The normalized spacial score (nSPS) is 36.3. The van der Waals surface area contributed by atoms with E-state index in [0.717, 1.165) is 37.3 Å². The van der Waals surface area contributed by atoms with E-state index in [-0.39, 0.29) is 0 Å². The van der Waals surface area contributed by atoms with E-state index in [4.69, 9.17) is 9.47 Å².